The van der Waals surface area contributed by atoms with Crippen molar-refractivity contribution in [2.75, 3.05) is 7.11 Å². The summed E-state index contributed by atoms with van der Waals surface area (Å²) in [7, 11) is 1.15. The number of amides is 1. The fourth-order valence-corrected chi connectivity index (χ4v) is 0.942. The first-order chi connectivity index (χ1) is 7.04. The lowest BCUT2D eigenvalue weighted by atomic mass is 10.3. The van der Waals surface area contributed by atoms with Crippen LogP contribution in [-0.4, -0.2) is 29.0 Å². The molecule has 15 heavy (non-hydrogen) atoms. The zero-order valence-corrected chi connectivity index (χ0v) is 7.94. The summed E-state index contributed by atoms with van der Waals surface area (Å²) in [5.41, 5.74) is 4.03. The van der Waals surface area contributed by atoms with Crippen LogP contribution in [0.15, 0.2) is 11.0 Å². The molecule has 1 heterocycles. The molecule has 3 N–H and O–H groups in total. The smallest absolute Gasteiger partial charge is 0.345 e. The van der Waals surface area contributed by atoms with Crippen molar-refractivity contribution >= 4 is 11.9 Å². The van der Waals surface area contributed by atoms with Gasteiger partial charge in [-0.25, -0.2) is 9.78 Å². The van der Waals surface area contributed by atoms with Gasteiger partial charge in [-0.3, -0.25) is 9.59 Å². The van der Waals surface area contributed by atoms with Crippen molar-refractivity contribution in [2.45, 2.75) is 6.42 Å². The van der Waals surface area contributed by atoms with Gasteiger partial charge in [-0.1, -0.05) is 0 Å². The Bertz CT molecular complexity index is 451. The number of nitrogens with one attached hydrogen (secondary N) is 1. The molecular formula is C8H9N3O4. The number of nitrogens with zero attached hydrogens (tertiary/aromatic N) is 1. The van der Waals surface area contributed by atoms with Crippen LogP contribution < -0.4 is 11.3 Å². The van der Waals surface area contributed by atoms with E-state index in [9.17, 15) is 14.4 Å². The third-order valence-electron chi connectivity index (χ3n) is 1.60. The third kappa shape index (κ3) is 2.63. The van der Waals surface area contributed by atoms with E-state index in [1.165, 1.54) is 0 Å². The minimum absolute atomic E-state index is 0.111. The second-order valence-electron chi connectivity index (χ2n) is 2.71. The van der Waals surface area contributed by atoms with Crippen molar-refractivity contribution in [1.82, 2.24) is 9.97 Å². The van der Waals surface area contributed by atoms with Gasteiger partial charge in [-0.15, -0.1) is 0 Å². The van der Waals surface area contributed by atoms with Gasteiger partial charge in [0.2, 0.25) is 5.91 Å². The molecular weight excluding hydrogens is 202 g/mol. The molecule has 0 fully saturated rings. The molecule has 0 bridgehead atoms. The molecule has 7 nitrogen and oxygen atoms in total. The maximum absolute atomic E-state index is 11.3. The van der Waals surface area contributed by atoms with Crippen LogP contribution in [0.5, 0.6) is 0 Å². The summed E-state index contributed by atoms with van der Waals surface area (Å²) in [5, 5.41) is 0. The molecule has 0 aliphatic rings. The summed E-state index contributed by atoms with van der Waals surface area (Å²) < 4.78 is 4.35. The summed E-state index contributed by atoms with van der Waals surface area (Å²) in [6.07, 6.45) is 0.861. The molecule has 0 spiro atoms. The number of H-pyrrole nitrogens is 1. The van der Waals surface area contributed by atoms with E-state index in [1.807, 2.05) is 0 Å². The monoisotopic (exact) mass is 211 g/mol. The van der Waals surface area contributed by atoms with Crippen LogP contribution >= 0.6 is 0 Å². The first-order valence-corrected chi connectivity index (χ1v) is 3.99. The Morgan fingerprint density at radius 1 is 1.60 bits per heavy atom. The van der Waals surface area contributed by atoms with E-state index in [-0.39, 0.29) is 17.8 Å². The van der Waals surface area contributed by atoms with Gasteiger partial charge < -0.3 is 15.5 Å². The molecule has 0 saturated heterocycles. The van der Waals surface area contributed by atoms with Gasteiger partial charge in [0.1, 0.15) is 11.4 Å². The standard InChI is InChI=1S/C8H9N3O4/c1-15-8(14)4-3-10-6(2-5(9)12)11-7(4)13/h3H,2H2,1H3,(H2,9,12)(H,10,11,13). The predicted octanol–water partition coefficient (Wildman–Crippen LogP) is -1.42. The Morgan fingerprint density at radius 3 is 2.73 bits per heavy atom. The van der Waals surface area contributed by atoms with Gasteiger partial charge in [-0.05, 0) is 0 Å². The Morgan fingerprint density at radius 2 is 2.27 bits per heavy atom. The number of ether oxygens (including phenoxy) is 1. The van der Waals surface area contributed by atoms with E-state index in [2.05, 4.69) is 14.7 Å². The third-order valence-corrected chi connectivity index (χ3v) is 1.60. The Kier molecular flexibility index (Phi) is 3.17. The average Bonchev–Trinajstić information content (AvgIpc) is 2.16. The highest BCUT2D eigenvalue weighted by atomic mass is 16.5. The molecule has 0 saturated carbocycles. The quantitative estimate of drug-likeness (QED) is 0.595. The van der Waals surface area contributed by atoms with Gasteiger partial charge >= 0.3 is 5.97 Å². The summed E-state index contributed by atoms with van der Waals surface area (Å²) in [5.74, 6) is -1.29. The summed E-state index contributed by atoms with van der Waals surface area (Å²) in [4.78, 5) is 38.7. The number of aromatic nitrogens is 2. The molecule has 1 aromatic rings. The van der Waals surface area contributed by atoms with E-state index in [1.54, 1.807) is 0 Å². The molecule has 0 aliphatic carbocycles. The Hall–Kier alpha value is -2.18. The van der Waals surface area contributed by atoms with Gasteiger partial charge in [0.25, 0.3) is 5.56 Å². The number of carbonyl (C=O) groups excluding carboxylic acids is 2. The topological polar surface area (TPSA) is 115 Å². The molecule has 1 aromatic heterocycles. The zero-order chi connectivity index (χ0) is 11.4. The van der Waals surface area contributed by atoms with E-state index >= 15 is 0 Å². The number of rotatable bonds is 3. The van der Waals surface area contributed by atoms with E-state index in [0.29, 0.717) is 0 Å². The predicted molar refractivity (Wildman–Crippen MR) is 49.1 cm³/mol. The molecule has 0 radical (unpaired) electrons. The van der Waals surface area contributed by atoms with Crippen LogP contribution in [0, 0.1) is 0 Å². The summed E-state index contributed by atoms with van der Waals surface area (Å²) >= 11 is 0. The molecule has 1 amide bonds. The van der Waals surface area contributed by atoms with Crippen LogP contribution in [0.25, 0.3) is 0 Å². The minimum atomic E-state index is -0.783. The van der Waals surface area contributed by atoms with Crippen molar-refractivity contribution in [2.24, 2.45) is 5.73 Å². The van der Waals surface area contributed by atoms with Crippen molar-refractivity contribution in [3.05, 3.63) is 27.9 Å². The number of esters is 1. The SMILES string of the molecule is COC(=O)c1cnc(CC(N)=O)[nH]c1=O. The number of nitrogens with two attached hydrogens (primary N) is 1. The summed E-state index contributed by atoms with van der Waals surface area (Å²) in [6, 6.07) is 0. The van der Waals surface area contributed by atoms with Crippen molar-refractivity contribution in [1.29, 1.82) is 0 Å². The van der Waals surface area contributed by atoms with Crippen LogP contribution in [0.4, 0.5) is 0 Å². The highest BCUT2D eigenvalue weighted by Gasteiger charge is 2.12. The van der Waals surface area contributed by atoms with Crippen molar-refractivity contribution < 1.29 is 14.3 Å². The summed E-state index contributed by atoms with van der Waals surface area (Å²) in [6.45, 7) is 0. The van der Waals surface area contributed by atoms with Crippen molar-refractivity contribution in [3.8, 4) is 0 Å². The lowest BCUT2D eigenvalue weighted by Crippen LogP contribution is -2.24. The number of primary amides is 1. The van der Waals surface area contributed by atoms with Gasteiger partial charge in [0.15, 0.2) is 0 Å². The number of hydrogen-bond acceptors (Lipinski definition) is 5. The first kappa shape index (κ1) is 10.9. The molecule has 0 aliphatic heterocycles. The fraction of sp³-hybridized carbons (Fsp3) is 0.250. The van der Waals surface area contributed by atoms with Crippen LogP contribution in [0.2, 0.25) is 0 Å². The molecule has 0 atom stereocenters. The van der Waals surface area contributed by atoms with Crippen LogP contribution in [0.1, 0.15) is 16.2 Å². The normalized spacial score (nSPS) is 9.67. The maximum Gasteiger partial charge on any atom is 0.345 e. The highest BCUT2D eigenvalue weighted by Crippen LogP contribution is 1.93. The van der Waals surface area contributed by atoms with Crippen LogP contribution in [-0.2, 0) is 16.0 Å². The largest absolute Gasteiger partial charge is 0.465 e. The van der Waals surface area contributed by atoms with Gasteiger partial charge in [0.05, 0.1) is 13.5 Å². The van der Waals surface area contributed by atoms with Crippen molar-refractivity contribution in [3.63, 3.8) is 0 Å². The zero-order valence-electron chi connectivity index (χ0n) is 7.94. The number of carbonyl (C=O) groups is 2. The minimum Gasteiger partial charge on any atom is -0.465 e. The van der Waals surface area contributed by atoms with Gasteiger partial charge in [-0.2, -0.15) is 0 Å². The molecule has 7 heteroatoms. The molecule has 80 valence electrons. The Balaban J connectivity index is 3.03. The fourth-order valence-electron chi connectivity index (χ4n) is 0.942. The van der Waals surface area contributed by atoms with Gasteiger partial charge in [0, 0.05) is 6.20 Å². The second-order valence-corrected chi connectivity index (χ2v) is 2.71. The van der Waals surface area contributed by atoms with E-state index < -0.39 is 17.4 Å². The molecule has 0 aromatic carbocycles. The lowest BCUT2D eigenvalue weighted by Gasteiger charge is -1.99. The number of methoxy groups -OCH3 is 1. The number of aromatic amines is 1. The lowest BCUT2D eigenvalue weighted by molar-refractivity contribution is -0.117. The van der Waals surface area contributed by atoms with Crippen LogP contribution in [0.3, 0.4) is 0 Å². The van der Waals surface area contributed by atoms with E-state index in [4.69, 9.17) is 5.73 Å². The maximum atomic E-state index is 11.3. The highest BCUT2D eigenvalue weighted by molar-refractivity contribution is 5.88. The molecule has 1 rings (SSSR count). The van der Waals surface area contributed by atoms with E-state index in [0.717, 1.165) is 13.3 Å². The second kappa shape index (κ2) is 4.36. The molecule has 0 unspecified atom stereocenters. The Labute approximate surface area is 84.3 Å². The number of hydrogen-bond donors (Lipinski definition) is 2. The average molecular weight is 211 g/mol. The first-order valence-electron chi connectivity index (χ1n) is 3.99.